The Morgan fingerprint density at radius 3 is 2.50 bits per heavy atom. The fraction of sp³-hybridized carbons (Fsp3) is 0.615. The first-order valence-electron chi connectivity index (χ1n) is 6.44. The maximum absolute atomic E-state index is 12.7. The Kier molecular flexibility index (Phi) is 3.96. The standard InChI is InChI=1S/C13H16F3N3O/c1-8-5-18-11(6-17-8)12(20)19(7-13(14,15)16)9(2)10-3-4-10/h5-6,9-10H,3-4,7H2,1-2H3/t9-/m0/s1. The molecule has 1 amide bonds. The van der Waals surface area contributed by atoms with E-state index in [0.717, 1.165) is 17.7 Å². The molecule has 0 aromatic carbocycles. The molecule has 0 radical (unpaired) electrons. The molecular weight excluding hydrogens is 271 g/mol. The highest BCUT2D eigenvalue weighted by molar-refractivity contribution is 5.92. The summed E-state index contributed by atoms with van der Waals surface area (Å²) >= 11 is 0. The van der Waals surface area contributed by atoms with Gasteiger partial charge in [-0.2, -0.15) is 13.2 Å². The largest absolute Gasteiger partial charge is 0.406 e. The number of halogens is 3. The molecule has 1 fully saturated rings. The molecule has 1 atom stereocenters. The molecule has 0 spiro atoms. The fourth-order valence-electron chi connectivity index (χ4n) is 2.08. The second-order valence-electron chi connectivity index (χ2n) is 5.17. The molecule has 1 saturated carbocycles. The molecule has 4 nitrogen and oxygen atoms in total. The first kappa shape index (κ1) is 14.7. The molecule has 0 unspecified atom stereocenters. The van der Waals surface area contributed by atoms with Crippen LogP contribution in [0.25, 0.3) is 0 Å². The van der Waals surface area contributed by atoms with Crippen LogP contribution in [0.1, 0.15) is 35.9 Å². The summed E-state index contributed by atoms with van der Waals surface area (Å²) in [5, 5.41) is 0. The molecule has 20 heavy (non-hydrogen) atoms. The molecule has 0 saturated heterocycles. The van der Waals surface area contributed by atoms with Gasteiger partial charge in [0.05, 0.1) is 11.9 Å². The lowest BCUT2D eigenvalue weighted by Gasteiger charge is -2.29. The van der Waals surface area contributed by atoms with Crippen molar-refractivity contribution in [3.8, 4) is 0 Å². The van der Waals surface area contributed by atoms with E-state index in [9.17, 15) is 18.0 Å². The molecular formula is C13H16F3N3O. The number of aryl methyl sites for hydroxylation is 1. The molecule has 1 heterocycles. The SMILES string of the molecule is Cc1cnc(C(=O)N(CC(F)(F)F)[C@@H](C)C2CC2)cn1. The maximum Gasteiger partial charge on any atom is 0.406 e. The van der Waals surface area contributed by atoms with Crippen LogP contribution in [0.2, 0.25) is 0 Å². The molecule has 110 valence electrons. The van der Waals surface area contributed by atoms with Gasteiger partial charge in [-0.05, 0) is 32.6 Å². The molecule has 0 bridgehead atoms. The summed E-state index contributed by atoms with van der Waals surface area (Å²) < 4.78 is 38.0. The number of nitrogens with zero attached hydrogens (tertiary/aromatic N) is 3. The number of alkyl halides is 3. The van der Waals surface area contributed by atoms with Gasteiger partial charge >= 0.3 is 6.18 Å². The molecule has 7 heteroatoms. The van der Waals surface area contributed by atoms with Crippen LogP contribution < -0.4 is 0 Å². The summed E-state index contributed by atoms with van der Waals surface area (Å²) in [6, 6.07) is -0.438. The zero-order chi connectivity index (χ0) is 14.9. The van der Waals surface area contributed by atoms with Crippen molar-refractivity contribution in [3.05, 3.63) is 23.8 Å². The van der Waals surface area contributed by atoms with E-state index < -0.39 is 24.7 Å². The Balaban J connectivity index is 2.20. The number of carbonyl (C=O) groups excluding carboxylic acids is 1. The minimum atomic E-state index is -4.42. The molecule has 1 aromatic rings. The van der Waals surface area contributed by atoms with Crippen molar-refractivity contribution in [1.82, 2.24) is 14.9 Å². The molecule has 0 aliphatic heterocycles. The summed E-state index contributed by atoms with van der Waals surface area (Å²) in [6.07, 6.45) is -0.0941. The zero-order valence-corrected chi connectivity index (χ0v) is 11.3. The molecule has 1 aliphatic carbocycles. The van der Waals surface area contributed by atoms with E-state index in [4.69, 9.17) is 0 Å². The second-order valence-corrected chi connectivity index (χ2v) is 5.17. The fourth-order valence-corrected chi connectivity index (χ4v) is 2.08. The second kappa shape index (κ2) is 5.38. The normalized spacial score (nSPS) is 16.9. The van der Waals surface area contributed by atoms with Gasteiger partial charge in [0.15, 0.2) is 0 Å². The van der Waals surface area contributed by atoms with E-state index >= 15 is 0 Å². The third-order valence-corrected chi connectivity index (χ3v) is 3.41. The van der Waals surface area contributed by atoms with Gasteiger partial charge < -0.3 is 4.90 Å². The molecule has 1 aromatic heterocycles. The molecule has 2 rings (SSSR count). The average molecular weight is 287 g/mol. The predicted octanol–water partition coefficient (Wildman–Crippen LogP) is 2.59. The first-order chi connectivity index (χ1) is 9.28. The lowest BCUT2D eigenvalue weighted by atomic mass is 10.1. The van der Waals surface area contributed by atoms with Gasteiger partial charge in [0, 0.05) is 12.2 Å². The van der Waals surface area contributed by atoms with Gasteiger partial charge in [-0.15, -0.1) is 0 Å². The summed E-state index contributed by atoms with van der Waals surface area (Å²) in [4.78, 5) is 20.9. The minimum Gasteiger partial charge on any atom is -0.325 e. The van der Waals surface area contributed by atoms with E-state index in [1.54, 1.807) is 13.8 Å². The van der Waals surface area contributed by atoms with E-state index in [0.29, 0.717) is 5.69 Å². The van der Waals surface area contributed by atoms with Gasteiger partial charge in [0.1, 0.15) is 12.2 Å². The van der Waals surface area contributed by atoms with Crippen LogP contribution in [0.15, 0.2) is 12.4 Å². The van der Waals surface area contributed by atoms with Crippen molar-refractivity contribution in [2.24, 2.45) is 5.92 Å². The molecule has 0 N–H and O–H groups in total. The highest BCUT2D eigenvalue weighted by Gasteiger charge is 2.41. The highest BCUT2D eigenvalue weighted by atomic mass is 19.4. The van der Waals surface area contributed by atoms with Crippen molar-refractivity contribution in [2.45, 2.75) is 38.9 Å². The van der Waals surface area contributed by atoms with Crippen LogP contribution in [-0.2, 0) is 0 Å². The van der Waals surface area contributed by atoms with Crippen LogP contribution in [0.5, 0.6) is 0 Å². The number of hydrogen-bond donors (Lipinski definition) is 0. The number of rotatable bonds is 4. The zero-order valence-electron chi connectivity index (χ0n) is 11.3. The lowest BCUT2D eigenvalue weighted by molar-refractivity contribution is -0.144. The lowest BCUT2D eigenvalue weighted by Crippen LogP contribution is -2.45. The van der Waals surface area contributed by atoms with Gasteiger partial charge in [0.25, 0.3) is 5.91 Å². The minimum absolute atomic E-state index is 0.0488. The Labute approximate surface area is 115 Å². The van der Waals surface area contributed by atoms with Gasteiger partial charge in [0.2, 0.25) is 0 Å². The third kappa shape index (κ3) is 3.68. The van der Waals surface area contributed by atoms with Crippen molar-refractivity contribution >= 4 is 5.91 Å². The van der Waals surface area contributed by atoms with Crippen LogP contribution in [0.3, 0.4) is 0 Å². The summed E-state index contributed by atoms with van der Waals surface area (Å²) in [7, 11) is 0. The van der Waals surface area contributed by atoms with E-state index in [1.165, 1.54) is 12.4 Å². The summed E-state index contributed by atoms with van der Waals surface area (Å²) in [5.74, 6) is -0.561. The van der Waals surface area contributed by atoms with E-state index in [2.05, 4.69) is 9.97 Å². The smallest absolute Gasteiger partial charge is 0.325 e. The Bertz CT molecular complexity index is 483. The van der Waals surface area contributed by atoms with E-state index in [-0.39, 0.29) is 11.6 Å². The van der Waals surface area contributed by atoms with Gasteiger partial charge in [-0.25, -0.2) is 4.98 Å². The maximum atomic E-state index is 12.7. The third-order valence-electron chi connectivity index (χ3n) is 3.41. The Morgan fingerprint density at radius 1 is 1.40 bits per heavy atom. The van der Waals surface area contributed by atoms with Crippen LogP contribution >= 0.6 is 0 Å². The van der Waals surface area contributed by atoms with Crippen molar-refractivity contribution in [3.63, 3.8) is 0 Å². The number of amides is 1. The highest BCUT2D eigenvalue weighted by Crippen LogP contribution is 2.36. The summed E-state index contributed by atoms with van der Waals surface area (Å²) in [6.45, 7) is 2.10. The number of carbonyl (C=O) groups is 1. The van der Waals surface area contributed by atoms with Crippen LogP contribution in [0.4, 0.5) is 13.2 Å². The van der Waals surface area contributed by atoms with Gasteiger partial charge in [-0.1, -0.05) is 0 Å². The number of aromatic nitrogens is 2. The van der Waals surface area contributed by atoms with Crippen LogP contribution in [-0.4, -0.2) is 39.5 Å². The monoisotopic (exact) mass is 287 g/mol. The summed E-state index contributed by atoms with van der Waals surface area (Å²) in [5.41, 5.74) is 0.562. The topological polar surface area (TPSA) is 46.1 Å². The first-order valence-corrected chi connectivity index (χ1v) is 6.44. The quantitative estimate of drug-likeness (QED) is 0.855. The van der Waals surface area contributed by atoms with Crippen molar-refractivity contribution in [2.75, 3.05) is 6.54 Å². The Morgan fingerprint density at radius 2 is 2.05 bits per heavy atom. The van der Waals surface area contributed by atoms with Gasteiger partial charge in [-0.3, -0.25) is 9.78 Å². The molecule has 1 aliphatic rings. The Hall–Kier alpha value is -1.66. The predicted molar refractivity (Wildman–Crippen MR) is 66.0 cm³/mol. The van der Waals surface area contributed by atoms with Crippen molar-refractivity contribution in [1.29, 1.82) is 0 Å². The average Bonchev–Trinajstić information content (AvgIpc) is 3.18. The number of hydrogen-bond acceptors (Lipinski definition) is 3. The van der Waals surface area contributed by atoms with E-state index in [1.807, 2.05) is 0 Å². The van der Waals surface area contributed by atoms with Crippen molar-refractivity contribution < 1.29 is 18.0 Å². The van der Waals surface area contributed by atoms with Crippen LogP contribution in [0, 0.1) is 12.8 Å².